The van der Waals surface area contributed by atoms with E-state index >= 15 is 0 Å². The highest BCUT2D eigenvalue weighted by Crippen LogP contribution is 2.30. The van der Waals surface area contributed by atoms with Crippen LogP contribution >= 0.6 is 23.4 Å². The van der Waals surface area contributed by atoms with E-state index in [0.717, 1.165) is 21.9 Å². The Hall–Kier alpha value is -3.31. The van der Waals surface area contributed by atoms with Crippen LogP contribution in [0.25, 0.3) is 23.0 Å². The van der Waals surface area contributed by atoms with Crippen molar-refractivity contribution >= 4 is 39.3 Å². The van der Waals surface area contributed by atoms with Gasteiger partial charge in [-0.2, -0.15) is 10.4 Å². The fourth-order valence-electron chi connectivity index (χ4n) is 3.36. The summed E-state index contributed by atoms with van der Waals surface area (Å²) >= 11 is 7.63. The lowest BCUT2D eigenvalue weighted by Gasteiger charge is -2.04. The summed E-state index contributed by atoms with van der Waals surface area (Å²) in [5.74, 6) is 0.962. The van der Waals surface area contributed by atoms with E-state index in [9.17, 15) is 13.7 Å². The van der Waals surface area contributed by atoms with Gasteiger partial charge in [0.15, 0.2) is 0 Å². The molecule has 4 aromatic rings. The normalized spacial score (nSPS) is 11.9. The smallest absolute Gasteiger partial charge is 0.216 e. The van der Waals surface area contributed by atoms with Crippen LogP contribution in [0.15, 0.2) is 99.8 Å². The lowest BCUT2D eigenvalue weighted by molar-refractivity contribution is 0.603. The summed E-state index contributed by atoms with van der Waals surface area (Å²) in [5, 5.41) is 14.9. The first kappa shape index (κ1) is 23.8. The third kappa shape index (κ3) is 5.10. The Balaban J connectivity index is 1.85. The van der Waals surface area contributed by atoms with Gasteiger partial charge in [0.05, 0.1) is 10.6 Å². The summed E-state index contributed by atoms with van der Waals surface area (Å²) < 4.78 is 28.0. The van der Waals surface area contributed by atoms with Crippen molar-refractivity contribution in [3.05, 3.63) is 101 Å². The number of aromatic nitrogens is 2. The van der Waals surface area contributed by atoms with Crippen molar-refractivity contribution in [1.82, 2.24) is 9.78 Å². The summed E-state index contributed by atoms with van der Waals surface area (Å²) in [6.45, 7) is 2.09. The van der Waals surface area contributed by atoms with Crippen LogP contribution in [0.2, 0.25) is 5.02 Å². The molecule has 5 nitrogen and oxygen atoms in total. The molecule has 0 fully saturated rings. The third-order valence-corrected chi connectivity index (χ3v) is 7.84. The second-order valence-electron chi connectivity index (χ2n) is 7.25. The van der Waals surface area contributed by atoms with Gasteiger partial charge in [-0.1, -0.05) is 48.9 Å². The van der Waals surface area contributed by atoms with Crippen LogP contribution in [-0.4, -0.2) is 24.0 Å². The molecule has 170 valence electrons. The first-order valence-electron chi connectivity index (χ1n) is 10.4. The van der Waals surface area contributed by atoms with Gasteiger partial charge in [0.1, 0.15) is 16.7 Å². The number of hydrogen-bond acceptors (Lipinski definition) is 5. The molecular formula is C26H20ClN3O2S2. The Bertz CT molecular complexity index is 1470. The number of para-hydroxylation sites is 1. The summed E-state index contributed by atoms with van der Waals surface area (Å²) in [6.07, 6.45) is 3.11. The zero-order valence-corrected chi connectivity index (χ0v) is 20.6. The van der Waals surface area contributed by atoms with E-state index in [1.54, 1.807) is 22.6 Å². The molecule has 0 saturated heterocycles. The molecule has 0 unspecified atom stereocenters. The molecule has 0 aliphatic carbocycles. The predicted octanol–water partition coefficient (Wildman–Crippen LogP) is 6.64. The highest BCUT2D eigenvalue weighted by Gasteiger charge is 2.22. The topological polar surface area (TPSA) is 75.8 Å². The van der Waals surface area contributed by atoms with Gasteiger partial charge < -0.3 is 0 Å². The van der Waals surface area contributed by atoms with Gasteiger partial charge in [0.25, 0.3) is 0 Å². The largest absolute Gasteiger partial charge is 0.240 e. The number of hydrogen-bond donors (Lipinski definition) is 0. The van der Waals surface area contributed by atoms with E-state index in [-0.39, 0.29) is 9.80 Å². The van der Waals surface area contributed by atoms with Crippen LogP contribution in [0, 0.1) is 11.3 Å². The maximum atomic E-state index is 13.2. The molecule has 0 aliphatic rings. The standard InChI is InChI=1S/C26H20ClN3O2S2/c1-2-33-23-12-8-19(9-13-23)26-20(18-30(29-26)22-6-4-3-5-7-22)16-25(17-28)34(31,32)24-14-10-21(27)11-15-24/h3-16,18H,2H2,1H3/b25-16+. The second kappa shape index (κ2) is 10.3. The Kier molecular flexibility index (Phi) is 7.23. The summed E-state index contributed by atoms with van der Waals surface area (Å²) in [7, 11) is -4.03. The molecule has 0 bridgehead atoms. The van der Waals surface area contributed by atoms with Crippen molar-refractivity contribution in [2.75, 3.05) is 5.75 Å². The first-order valence-corrected chi connectivity index (χ1v) is 13.3. The number of halogens is 1. The molecule has 8 heteroatoms. The number of nitrogens with zero attached hydrogens (tertiary/aromatic N) is 3. The molecule has 0 amide bonds. The van der Waals surface area contributed by atoms with Gasteiger partial charge in [-0.15, -0.1) is 11.8 Å². The van der Waals surface area contributed by atoms with Gasteiger partial charge in [-0.05, 0) is 60.4 Å². The summed E-state index contributed by atoms with van der Waals surface area (Å²) in [6, 6.07) is 25.0. The van der Waals surface area contributed by atoms with Gasteiger partial charge in [0.2, 0.25) is 9.84 Å². The third-order valence-electron chi connectivity index (χ3n) is 5.01. The van der Waals surface area contributed by atoms with Crippen LogP contribution < -0.4 is 0 Å². The Labute approximate surface area is 208 Å². The van der Waals surface area contributed by atoms with Crippen molar-refractivity contribution in [3.8, 4) is 23.0 Å². The van der Waals surface area contributed by atoms with Gasteiger partial charge in [-0.25, -0.2) is 13.1 Å². The molecule has 1 heterocycles. The minimum Gasteiger partial charge on any atom is -0.240 e. The van der Waals surface area contributed by atoms with Gasteiger partial charge >= 0.3 is 0 Å². The molecule has 0 radical (unpaired) electrons. The van der Waals surface area contributed by atoms with E-state index in [0.29, 0.717) is 16.3 Å². The minimum absolute atomic E-state index is 0.00245. The van der Waals surface area contributed by atoms with E-state index in [4.69, 9.17) is 16.7 Å². The van der Waals surface area contributed by atoms with Crippen LogP contribution in [-0.2, 0) is 9.84 Å². The van der Waals surface area contributed by atoms with Crippen molar-refractivity contribution in [2.45, 2.75) is 16.7 Å². The molecule has 0 spiro atoms. The Morgan fingerprint density at radius 3 is 2.35 bits per heavy atom. The molecule has 0 atom stereocenters. The molecule has 0 N–H and O–H groups in total. The average Bonchev–Trinajstić information content (AvgIpc) is 3.28. The fraction of sp³-hybridized carbons (Fsp3) is 0.0769. The average molecular weight is 506 g/mol. The summed E-state index contributed by atoms with van der Waals surface area (Å²) in [5.41, 5.74) is 2.74. The first-order chi connectivity index (χ1) is 16.4. The highest BCUT2D eigenvalue weighted by molar-refractivity contribution is 7.99. The van der Waals surface area contributed by atoms with Crippen molar-refractivity contribution in [3.63, 3.8) is 0 Å². The van der Waals surface area contributed by atoms with E-state index in [2.05, 4.69) is 6.92 Å². The number of thioether (sulfide) groups is 1. The monoisotopic (exact) mass is 505 g/mol. The molecule has 0 aliphatic heterocycles. The lowest BCUT2D eigenvalue weighted by atomic mass is 10.1. The van der Waals surface area contributed by atoms with Crippen molar-refractivity contribution in [2.24, 2.45) is 0 Å². The number of nitriles is 1. The minimum atomic E-state index is -4.03. The van der Waals surface area contributed by atoms with E-state index in [1.165, 1.54) is 30.3 Å². The zero-order chi connectivity index (χ0) is 24.1. The van der Waals surface area contributed by atoms with E-state index < -0.39 is 9.84 Å². The zero-order valence-electron chi connectivity index (χ0n) is 18.2. The maximum absolute atomic E-state index is 13.2. The number of sulfone groups is 1. The summed E-state index contributed by atoms with van der Waals surface area (Å²) in [4.78, 5) is 0.762. The molecule has 4 rings (SSSR count). The SMILES string of the molecule is CCSc1ccc(-c2nn(-c3ccccc3)cc2/C=C(\C#N)S(=O)(=O)c2ccc(Cl)cc2)cc1. The quantitative estimate of drug-likeness (QED) is 0.208. The van der Waals surface area contributed by atoms with Crippen molar-refractivity contribution < 1.29 is 8.42 Å². The highest BCUT2D eigenvalue weighted by atomic mass is 35.5. The molecule has 34 heavy (non-hydrogen) atoms. The van der Waals surface area contributed by atoms with Crippen LogP contribution in [0.3, 0.4) is 0 Å². The Morgan fingerprint density at radius 1 is 1.06 bits per heavy atom. The molecule has 0 saturated carbocycles. The Morgan fingerprint density at radius 2 is 1.74 bits per heavy atom. The number of benzene rings is 3. The van der Waals surface area contributed by atoms with Crippen LogP contribution in [0.5, 0.6) is 0 Å². The molecular weight excluding hydrogens is 486 g/mol. The van der Waals surface area contributed by atoms with Gasteiger partial charge in [0, 0.05) is 27.2 Å². The van der Waals surface area contributed by atoms with Crippen LogP contribution in [0.4, 0.5) is 0 Å². The molecule has 1 aromatic heterocycles. The lowest BCUT2D eigenvalue weighted by Crippen LogP contribution is -2.03. The van der Waals surface area contributed by atoms with Crippen molar-refractivity contribution in [1.29, 1.82) is 5.26 Å². The predicted molar refractivity (Wildman–Crippen MR) is 138 cm³/mol. The number of allylic oxidation sites excluding steroid dienone is 1. The van der Waals surface area contributed by atoms with E-state index in [1.807, 2.05) is 60.7 Å². The van der Waals surface area contributed by atoms with Crippen LogP contribution in [0.1, 0.15) is 12.5 Å². The molecule has 3 aromatic carbocycles. The number of rotatable bonds is 7. The van der Waals surface area contributed by atoms with Gasteiger partial charge in [-0.3, -0.25) is 0 Å². The maximum Gasteiger partial charge on any atom is 0.216 e. The second-order valence-corrected chi connectivity index (χ2v) is 10.9. The fourth-order valence-corrected chi connectivity index (χ4v) is 5.30.